The van der Waals surface area contributed by atoms with Gasteiger partial charge in [0.15, 0.2) is 0 Å². The van der Waals surface area contributed by atoms with E-state index in [0.29, 0.717) is 17.3 Å². The van der Waals surface area contributed by atoms with E-state index in [0.717, 1.165) is 5.56 Å². The number of rotatable bonds is 5. The highest BCUT2D eigenvalue weighted by atomic mass is 35.5. The minimum Gasteiger partial charge on any atom is -0.374 e. The minimum absolute atomic E-state index is 0.0223. The Morgan fingerprint density at radius 2 is 1.80 bits per heavy atom. The van der Waals surface area contributed by atoms with Crippen molar-refractivity contribution < 1.29 is 9.18 Å². The number of carbonyl (C=O) groups excluding carboxylic acids is 1. The van der Waals surface area contributed by atoms with E-state index in [1.54, 1.807) is 30.3 Å². The van der Waals surface area contributed by atoms with Gasteiger partial charge in [-0.25, -0.2) is 4.39 Å². The number of halogens is 2. The number of benzene rings is 2. The van der Waals surface area contributed by atoms with Crippen LogP contribution in [0.15, 0.2) is 48.5 Å². The maximum atomic E-state index is 13.3. The van der Waals surface area contributed by atoms with E-state index in [1.165, 1.54) is 6.07 Å². The van der Waals surface area contributed by atoms with Crippen LogP contribution in [-0.2, 0) is 11.3 Å². The van der Waals surface area contributed by atoms with E-state index in [1.807, 2.05) is 12.1 Å². The summed E-state index contributed by atoms with van der Waals surface area (Å²) in [5.41, 5.74) is 1.27. The van der Waals surface area contributed by atoms with Crippen LogP contribution in [0.25, 0.3) is 0 Å². The fourth-order valence-electron chi connectivity index (χ4n) is 1.65. The molecular weight excluding hydrogens is 279 g/mol. The Balaban J connectivity index is 1.78. The molecule has 0 aliphatic carbocycles. The van der Waals surface area contributed by atoms with E-state index in [4.69, 9.17) is 11.6 Å². The highest BCUT2D eigenvalue weighted by Gasteiger charge is 2.04. The summed E-state index contributed by atoms with van der Waals surface area (Å²) >= 11 is 5.77. The lowest BCUT2D eigenvalue weighted by Crippen LogP contribution is -2.29. The van der Waals surface area contributed by atoms with Gasteiger partial charge in [-0.15, -0.1) is 0 Å². The van der Waals surface area contributed by atoms with E-state index < -0.39 is 0 Å². The summed E-state index contributed by atoms with van der Waals surface area (Å²) in [6.07, 6.45) is 0. The van der Waals surface area contributed by atoms with Crippen molar-refractivity contribution in [2.45, 2.75) is 6.54 Å². The summed E-state index contributed by atoms with van der Waals surface area (Å²) in [5.74, 6) is -0.582. The van der Waals surface area contributed by atoms with Gasteiger partial charge in [-0.3, -0.25) is 4.79 Å². The first-order chi connectivity index (χ1) is 9.65. The number of hydrogen-bond donors (Lipinski definition) is 2. The molecule has 20 heavy (non-hydrogen) atoms. The monoisotopic (exact) mass is 292 g/mol. The first-order valence-electron chi connectivity index (χ1n) is 6.15. The molecule has 0 fully saturated rings. The zero-order valence-electron chi connectivity index (χ0n) is 10.7. The molecule has 5 heteroatoms. The summed E-state index contributed by atoms with van der Waals surface area (Å²) in [4.78, 5) is 11.6. The van der Waals surface area contributed by atoms with E-state index in [2.05, 4.69) is 10.6 Å². The molecule has 0 bridgehead atoms. The Labute approximate surface area is 121 Å². The molecule has 0 atom stereocenters. The first kappa shape index (κ1) is 14.3. The van der Waals surface area contributed by atoms with Crippen LogP contribution in [0.2, 0.25) is 5.02 Å². The molecule has 104 valence electrons. The predicted octanol–water partition coefficient (Wildman–Crippen LogP) is 3.21. The molecular formula is C15H14ClFN2O. The van der Waals surface area contributed by atoms with Crippen molar-refractivity contribution in [3.05, 3.63) is 64.9 Å². The molecule has 0 aliphatic rings. The van der Waals surface area contributed by atoms with Gasteiger partial charge in [0.25, 0.3) is 0 Å². The van der Waals surface area contributed by atoms with Crippen molar-refractivity contribution in [3.63, 3.8) is 0 Å². The molecule has 2 N–H and O–H groups in total. The number of amides is 1. The largest absolute Gasteiger partial charge is 0.374 e. The van der Waals surface area contributed by atoms with Crippen molar-refractivity contribution in [1.82, 2.24) is 5.32 Å². The summed E-state index contributed by atoms with van der Waals surface area (Å²) in [6.45, 7) is 0.434. The number of carbonyl (C=O) groups is 1. The zero-order chi connectivity index (χ0) is 14.4. The molecule has 0 saturated carbocycles. The Morgan fingerprint density at radius 3 is 2.50 bits per heavy atom. The van der Waals surface area contributed by atoms with Crippen LogP contribution in [0, 0.1) is 5.82 Å². The Bertz CT molecular complexity index is 587. The van der Waals surface area contributed by atoms with Crippen molar-refractivity contribution in [3.8, 4) is 0 Å². The van der Waals surface area contributed by atoms with Gasteiger partial charge >= 0.3 is 0 Å². The zero-order valence-corrected chi connectivity index (χ0v) is 11.5. The van der Waals surface area contributed by atoms with E-state index in [9.17, 15) is 9.18 Å². The summed E-state index contributed by atoms with van der Waals surface area (Å²) in [5, 5.41) is 6.15. The van der Waals surface area contributed by atoms with Gasteiger partial charge in [0.1, 0.15) is 5.82 Å². The lowest BCUT2D eigenvalue weighted by molar-refractivity contribution is -0.119. The quantitative estimate of drug-likeness (QED) is 0.888. The molecule has 0 aromatic heterocycles. The molecule has 0 saturated heterocycles. The van der Waals surface area contributed by atoms with Crippen molar-refractivity contribution in [1.29, 1.82) is 0 Å². The van der Waals surface area contributed by atoms with Gasteiger partial charge in [0.2, 0.25) is 5.91 Å². The molecule has 0 radical (unpaired) electrons. The van der Waals surface area contributed by atoms with Crippen LogP contribution in [-0.4, -0.2) is 12.5 Å². The van der Waals surface area contributed by atoms with Crippen molar-refractivity contribution in [2.24, 2.45) is 0 Å². The average molecular weight is 293 g/mol. The van der Waals surface area contributed by atoms with Gasteiger partial charge in [-0.05, 0) is 29.8 Å². The second-order valence-electron chi connectivity index (χ2n) is 4.24. The third-order valence-electron chi connectivity index (χ3n) is 2.72. The third kappa shape index (κ3) is 4.24. The maximum Gasteiger partial charge on any atom is 0.239 e. The summed E-state index contributed by atoms with van der Waals surface area (Å²) in [6, 6.07) is 13.4. The molecule has 2 aromatic carbocycles. The highest BCUT2D eigenvalue weighted by Crippen LogP contribution is 2.11. The predicted molar refractivity (Wildman–Crippen MR) is 78.2 cm³/mol. The smallest absolute Gasteiger partial charge is 0.239 e. The molecule has 2 aromatic rings. The Kier molecular flexibility index (Phi) is 4.96. The molecule has 0 unspecified atom stereocenters. The van der Waals surface area contributed by atoms with Crippen LogP contribution < -0.4 is 10.6 Å². The van der Waals surface area contributed by atoms with Gasteiger partial charge in [-0.1, -0.05) is 35.9 Å². The van der Waals surface area contributed by atoms with Crippen LogP contribution in [0.3, 0.4) is 0 Å². The average Bonchev–Trinajstić information content (AvgIpc) is 2.46. The number of para-hydroxylation sites is 1. The minimum atomic E-state index is -0.377. The van der Waals surface area contributed by atoms with Crippen LogP contribution in [0.1, 0.15) is 5.56 Å². The standard InChI is InChI=1S/C15H14ClFN2O/c16-12-7-5-11(6-8-12)9-19-15(20)10-18-14-4-2-1-3-13(14)17/h1-8,18H,9-10H2,(H,19,20). The SMILES string of the molecule is O=C(CNc1ccccc1F)NCc1ccc(Cl)cc1. The van der Waals surface area contributed by atoms with Gasteiger partial charge < -0.3 is 10.6 Å². The number of nitrogens with one attached hydrogen (secondary N) is 2. The van der Waals surface area contributed by atoms with Crippen molar-refractivity contribution in [2.75, 3.05) is 11.9 Å². The molecule has 0 heterocycles. The Morgan fingerprint density at radius 1 is 1.10 bits per heavy atom. The lowest BCUT2D eigenvalue weighted by atomic mass is 10.2. The second-order valence-corrected chi connectivity index (χ2v) is 4.67. The second kappa shape index (κ2) is 6.91. The van der Waals surface area contributed by atoms with Crippen LogP contribution in [0.5, 0.6) is 0 Å². The van der Waals surface area contributed by atoms with Crippen LogP contribution >= 0.6 is 11.6 Å². The lowest BCUT2D eigenvalue weighted by Gasteiger charge is -2.08. The van der Waals surface area contributed by atoms with Crippen LogP contribution in [0.4, 0.5) is 10.1 Å². The topological polar surface area (TPSA) is 41.1 Å². The number of anilines is 1. The van der Waals surface area contributed by atoms with E-state index >= 15 is 0 Å². The molecule has 1 amide bonds. The third-order valence-corrected chi connectivity index (χ3v) is 2.97. The van der Waals surface area contributed by atoms with Gasteiger partial charge in [0, 0.05) is 11.6 Å². The molecule has 0 spiro atoms. The maximum absolute atomic E-state index is 13.3. The van der Waals surface area contributed by atoms with Gasteiger partial charge in [-0.2, -0.15) is 0 Å². The number of hydrogen-bond acceptors (Lipinski definition) is 2. The van der Waals surface area contributed by atoms with E-state index in [-0.39, 0.29) is 18.3 Å². The fraction of sp³-hybridized carbons (Fsp3) is 0.133. The van der Waals surface area contributed by atoms with Crippen molar-refractivity contribution >= 4 is 23.2 Å². The summed E-state index contributed by atoms with van der Waals surface area (Å²) in [7, 11) is 0. The molecule has 2 rings (SSSR count). The molecule has 3 nitrogen and oxygen atoms in total. The van der Waals surface area contributed by atoms with Gasteiger partial charge in [0.05, 0.1) is 12.2 Å². The first-order valence-corrected chi connectivity index (χ1v) is 6.52. The molecule has 0 aliphatic heterocycles. The highest BCUT2D eigenvalue weighted by molar-refractivity contribution is 6.30. The Hall–Kier alpha value is -2.07. The fourth-order valence-corrected chi connectivity index (χ4v) is 1.77. The normalized spacial score (nSPS) is 10.1. The summed E-state index contributed by atoms with van der Waals surface area (Å²) < 4.78 is 13.3.